The Kier molecular flexibility index (Phi) is 5.20. The average Bonchev–Trinajstić information content (AvgIpc) is 3.19. The lowest BCUT2D eigenvalue weighted by atomic mass is 10.0. The van der Waals surface area contributed by atoms with Crippen LogP contribution >= 0.6 is 0 Å². The first-order valence-corrected chi connectivity index (χ1v) is 12.7. The van der Waals surface area contributed by atoms with E-state index in [-0.39, 0.29) is 6.54 Å². The number of hydrogen-bond acceptors (Lipinski definition) is 5. The molecule has 2 heterocycles. The number of anilines is 2. The van der Waals surface area contributed by atoms with Crippen molar-refractivity contribution in [1.82, 2.24) is 0 Å². The summed E-state index contributed by atoms with van der Waals surface area (Å²) in [6, 6.07) is 21.0. The van der Waals surface area contributed by atoms with Crippen molar-refractivity contribution >= 4 is 33.0 Å². The number of aryl methyl sites for hydroxylation is 1. The molecule has 174 valence electrons. The molecule has 3 aromatic carbocycles. The number of hydrogen-bond donors (Lipinski definition) is 0. The molecule has 1 fully saturated rings. The summed E-state index contributed by atoms with van der Waals surface area (Å²) in [6.07, 6.45) is 0. The van der Waals surface area contributed by atoms with E-state index in [1.807, 2.05) is 38.1 Å². The summed E-state index contributed by atoms with van der Waals surface area (Å²) in [5, 5.41) is 0. The molecule has 0 N–H and O–H groups in total. The lowest BCUT2D eigenvalue weighted by Gasteiger charge is -2.32. The van der Waals surface area contributed by atoms with Gasteiger partial charge in [-0.15, -0.1) is 0 Å². The second-order valence-corrected chi connectivity index (χ2v) is 10.5. The van der Waals surface area contributed by atoms with E-state index in [1.54, 1.807) is 48.5 Å². The zero-order valence-corrected chi connectivity index (χ0v) is 19.7. The van der Waals surface area contributed by atoms with Gasteiger partial charge in [0.25, 0.3) is 10.8 Å². The Hall–Kier alpha value is -3.65. The standard InChI is InChI=1S/C26H24N2O5S/c1-3-33-21-14-12-20(13-15-21)28-24(29)17-34(31,32)26(28)22-10-6-7-11-23(22)27(25(26)30)16-19-9-5-4-8-18(19)2/h4-15H,3,16-17H2,1-2H3. The fraction of sp³-hybridized carbons (Fsp3) is 0.231. The first-order chi connectivity index (χ1) is 16.3. The summed E-state index contributed by atoms with van der Waals surface area (Å²) >= 11 is 0. The number of carbonyl (C=O) groups is 2. The van der Waals surface area contributed by atoms with Gasteiger partial charge in [0.1, 0.15) is 11.5 Å². The van der Waals surface area contributed by atoms with Crippen LogP contribution in [0.25, 0.3) is 0 Å². The predicted molar refractivity (Wildman–Crippen MR) is 129 cm³/mol. The van der Waals surface area contributed by atoms with Gasteiger partial charge < -0.3 is 9.64 Å². The monoisotopic (exact) mass is 476 g/mol. The van der Waals surface area contributed by atoms with Crippen LogP contribution < -0.4 is 14.5 Å². The summed E-state index contributed by atoms with van der Waals surface area (Å²) in [7, 11) is -4.20. The maximum Gasteiger partial charge on any atom is 0.274 e. The third-order valence-electron chi connectivity index (χ3n) is 6.42. The van der Waals surface area contributed by atoms with E-state index in [2.05, 4.69) is 0 Å². The van der Waals surface area contributed by atoms with Crippen molar-refractivity contribution in [1.29, 1.82) is 0 Å². The average molecular weight is 477 g/mol. The molecule has 1 unspecified atom stereocenters. The normalized spacial score (nSPS) is 20.8. The van der Waals surface area contributed by atoms with E-state index in [0.717, 1.165) is 16.0 Å². The van der Waals surface area contributed by atoms with Crippen LogP contribution in [0.15, 0.2) is 72.8 Å². The summed E-state index contributed by atoms with van der Waals surface area (Å²) < 4.78 is 32.8. The second kappa shape index (κ2) is 7.99. The molecule has 1 spiro atoms. The van der Waals surface area contributed by atoms with Gasteiger partial charge in [0, 0.05) is 11.3 Å². The largest absolute Gasteiger partial charge is 0.494 e. The molecule has 3 aromatic rings. The van der Waals surface area contributed by atoms with E-state index in [1.165, 1.54) is 4.90 Å². The van der Waals surface area contributed by atoms with E-state index >= 15 is 0 Å². The lowest BCUT2D eigenvalue weighted by molar-refractivity contribution is -0.123. The van der Waals surface area contributed by atoms with Crippen molar-refractivity contribution in [2.24, 2.45) is 0 Å². The zero-order chi connectivity index (χ0) is 24.1. The van der Waals surface area contributed by atoms with Crippen molar-refractivity contribution in [2.75, 3.05) is 22.2 Å². The highest BCUT2D eigenvalue weighted by Gasteiger charge is 2.69. The van der Waals surface area contributed by atoms with Crippen LogP contribution in [-0.2, 0) is 30.8 Å². The molecule has 8 heteroatoms. The summed E-state index contributed by atoms with van der Waals surface area (Å²) in [5.41, 5.74) is 3.01. The van der Waals surface area contributed by atoms with Gasteiger partial charge >= 0.3 is 0 Å². The Labute approximate surface area is 198 Å². The van der Waals surface area contributed by atoms with Gasteiger partial charge in [0.15, 0.2) is 9.84 Å². The summed E-state index contributed by atoms with van der Waals surface area (Å²) in [6.45, 7) is 4.47. The highest BCUT2D eigenvalue weighted by molar-refractivity contribution is 7.94. The van der Waals surface area contributed by atoms with Gasteiger partial charge in [0.2, 0.25) is 5.91 Å². The maximum absolute atomic E-state index is 14.1. The Morgan fingerprint density at radius 2 is 1.62 bits per heavy atom. The van der Waals surface area contributed by atoms with Gasteiger partial charge in [-0.05, 0) is 55.3 Å². The van der Waals surface area contributed by atoms with Crippen LogP contribution in [0, 0.1) is 6.92 Å². The predicted octanol–water partition coefficient (Wildman–Crippen LogP) is 3.55. The smallest absolute Gasteiger partial charge is 0.274 e. The number of ether oxygens (including phenoxy) is 1. The highest BCUT2D eigenvalue weighted by Crippen LogP contribution is 2.52. The Morgan fingerprint density at radius 1 is 0.941 bits per heavy atom. The van der Waals surface area contributed by atoms with Crippen molar-refractivity contribution in [3.8, 4) is 5.75 Å². The van der Waals surface area contributed by atoms with Gasteiger partial charge in [-0.25, -0.2) is 8.42 Å². The second-order valence-electron chi connectivity index (χ2n) is 8.39. The first-order valence-electron chi connectivity index (χ1n) is 11.1. The van der Waals surface area contributed by atoms with Gasteiger partial charge in [-0.3, -0.25) is 14.5 Å². The highest BCUT2D eigenvalue weighted by atomic mass is 32.2. The molecule has 0 radical (unpaired) electrons. The van der Waals surface area contributed by atoms with Crippen LogP contribution in [0.3, 0.4) is 0 Å². The number of sulfone groups is 1. The Balaban J connectivity index is 1.69. The van der Waals surface area contributed by atoms with Gasteiger partial charge in [-0.1, -0.05) is 42.5 Å². The molecule has 0 saturated carbocycles. The van der Waals surface area contributed by atoms with E-state index < -0.39 is 32.3 Å². The number of benzene rings is 3. The van der Waals surface area contributed by atoms with Crippen LogP contribution in [0.4, 0.5) is 11.4 Å². The maximum atomic E-state index is 14.1. The number of para-hydroxylation sites is 1. The molecule has 2 aliphatic rings. The number of nitrogens with zero attached hydrogens (tertiary/aromatic N) is 2. The van der Waals surface area contributed by atoms with Crippen LogP contribution in [0.5, 0.6) is 5.75 Å². The van der Waals surface area contributed by atoms with E-state index in [9.17, 15) is 18.0 Å². The Morgan fingerprint density at radius 3 is 2.32 bits per heavy atom. The van der Waals surface area contributed by atoms with Crippen molar-refractivity contribution in [3.05, 3.63) is 89.5 Å². The topological polar surface area (TPSA) is 84.0 Å². The fourth-order valence-corrected chi connectivity index (χ4v) is 6.90. The summed E-state index contributed by atoms with van der Waals surface area (Å²) in [5.74, 6) is -1.42. The van der Waals surface area contributed by atoms with Crippen LogP contribution in [-0.4, -0.2) is 32.6 Å². The molecule has 34 heavy (non-hydrogen) atoms. The number of carbonyl (C=O) groups excluding carboxylic acids is 2. The minimum absolute atomic E-state index is 0.200. The molecule has 5 rings (SSSR count). The van der Waals surface area contributed by atoms with E-state index in [4.69, 9.17) is 4.74 Å². The fourth-order valence-electron chi connectivity index (χ4n) is 4.86. The van der Waals surface area contributed by atoms with Gasteiger partial charge in [-0.2, -0.15) is 0 Å². The number of amides is 2. The van der Waals surface area contributed by atoms with Gasteiger partial charge in [0.05, 0.1) is 18.8 Å². The van der Waals surface area contributed by atoms with Crippen LogP contribution in [0.2, 0.25) is 0 Å². The molecule has 0 bridgehead atoms. The third kappa shape index (κ3) is 3.05. The molecule has 2 aliphatic heterocycles. The molecule has 7 nitrogen and oxygen atoms in total. The zero-order valence-electron chi connectivity index (χ0n) is 18.9. The molecular formula is C26H24N2O5S. The molecule has 1 atom stereocenters. The van der Waals surface area contributed by atoms with Crippen molar-refractivity contribution < 1.29 is 22.7 Å². The first kappa shape index (κ1) is 22.2. The Bertz CT molecular complexity index is 1400. The molecule has 2 amide bonds. The molecule has 0 aromatic heterocycles. The summed E-state index contributed by atoms with van der Waals surface area (Å²) in [4.78, 5) is 27.8. The van der Waals surface area contributed by atoms with Crippen molar-refractivity contribution in [2.45, 2.75) is 25.3 Å². The molecule has 0 aliphatic carbocycles. The minimum atomic E-state index is -4.20. The van der Waals surface area contributed by atoms with Crippen molar-refractivity contribution in [3.63, 3.8) is 0 Å². The number of fused-ring (bicyclic) bond motifs is 2. The quantitative estimate of drug-likeness (QED) is 0.562. The third-order valence-corrected chi connectivity index (χ3v) is 8.52. The SMILES string of the molecule is CCOc1ccc(N2C(=O)CS(=O)(=O)C23C(=O)N(Cc2ccccc2C)c2ccccc23)cc1. The lowest BCUT2D eigenvalue weighted by Crippen LogP contribution is -2.54. The number of rotatable bonds is 5. The molecule has 1 saturated heterocycles. The molecular weight excluding hydrogens is 452 g/mol. The van der Waals surface area contributed by atoms with Crippen LogP contribution in [0.1, 0.15) is 23.6 Å². The van der Waals surface area contributed by atoms with E-state index in [0.29, 0.717) is 29.3 Å². The minimum Gasteiger partial charge on any atom is -0.494 e.